The van der Waals surface area contributed by atoms with Crippen molar-refractivity contribution >= 4 is 5.69 Å². The Morgan fingerprint density at radius 1 is 1.42 bits per heavy atom. The Bertz CT molecular complexity index is 263. The normalized spacial score (nSPS) is 9.42. The molecule has 0 heterocycles. The van der Waals surface area contributed by atoms with Gasteiger partial charge in [0.1, 0.15) is 5.69 Å². The van der Waals surface area contributed by atoms with Crippen molar-refractivity contribution in [2.45, 2.75) is 0 Å². The maximum atomic E-state index is 10.3. The van der Waals surface area contributed by atoms with E-state index in [0.29, 0.717) is 10.7 Å². The van der Waals surface area contributed by atoms with E-state index in [1.807, 2.05) is 0 Å². The number of rotatable bonds is 3. The zero-order valence-corrected chi connectivity index (χ0v) is 6.25. The number of anilines is 1. The van der Waals surface area contributed by atoms with Crippen LogP contribution < -0.4 is 5.01 Å². The molecule has 0 amide bonds. The number of benzene rings is 1. The van der Waals surface area contributed by atoms with E-state index in [2.05, 4.69) is 0 Å². The maximum absolute atomic E-state index is 10.3. The predicted octanol–water partition coefficient (Wildman–Crippen LogP) is 0.634. The minimum Gasteiger partial charge on any atom is -0.371 e. The number of hydrazine groups is 1. The summed E-state index contributed by atoms with van der Waals surface area (Å²) >= 11 is 0. The fourth-order valence-corrected chi connectivity index (χ4v) is 0.828. The Kier molecular flexibility index (Phi) is 2.60. The summed E-state index contributed by atoms with van der Waals surface area (Å²) in [6.07, 6.45) is 0. The van der Waals surface area contributed by atoms with Gasteiger partial charge in [0.25, 0.3) is 0 Å². The highest BCUT2D eigenvalue weighted by Gasteiger charge is 2.13. The van der Waals surface area contributed by atoms with Gasteiger partial charge < -0.3 is 5.11 Å². The SMILES string of the molecule is O=[N+]([O-])N(CO)c1ccccc1. The minimum absolute atomic E-state index is 0.366. The first-order valence-electron chi connectivity index (χ1n) is 3.33. The molecule has 0 aliphatic carbocycles. The van der Waals surface area contributed by atoms with Crippen LogP contribution in [0.15, 0.2) is 30.3 Å². The molecule has 5 heteroatoms. The first-order chi connectivity index (χ1) is 5.75. The van der Waals surface area contributed by atoms with E-state index in [-0.39, 0.29) is 0 Å². The van der Waals surface area contributed by atoms with Crippen LogP contribution in [0.5, 0.6) is 0 Å². The highest BCUT2D eigenvalue weighted by Crippen LogP contribution is 2.11. The maximum Gasteiger partial charge on any atom is 0.179 e. The molecule has 0 atom stereocenters. The molecule has 0 aliphatic heterocycles. The Balaban J connectivity index is 2.88. The second kappa shape index (κ2) is 3.68. The van der Waals surface area contributed by atoms with Gasteiger partial charge in [0.15, 0.2) is 11.8 Å². The number of hydrogen-bond acceptors (Lipinski definition) is 3. The standard InChI is InChI=1S/C7H8N2O3/c10-6-8(9(11)12)7-4-2-1-3-5-7/h1-5,10H,6H2. The van der Waals surface area contributed by atoms with Crippen LogP contribution in [-0.4, -0.2) is 16.9 Å². The molecule has 0 unspecified atom stereocenters. The largest absolute Gasteiger partial charge is 0.371 e. The van der Waals surface area contributed by atoms with E-state index < -0.39 is 11.8 Å². The van der Waals surface area contributed by atoms with Gasteiger partial charge in [-0.2, -0.15) is 0 Å². The second-order valence-electron chi connectivity index (χ2n) is 2.11. The lowest BCUT2D eigenvalue weighted by atomic mass is 10.3. The molecule has 1 N–H and O–H groups in total. The average molecular weight is 168 g/mol. The van der Waals surface area contributed by atoms with Gasteiger partial charge in [-0.3, -0.25) is 0 Å². The van der Waals surface area contributed by atoms with Crippen LogP contribution in [0.25, 0.3) is 0 Å². The summed E-state index contributed by atoms with van der Waals surface area (Å²) in [5, 5.41) is 18.9. The smallest absolute Gasteiger partial charge is 0.179 e. The molecule has 0 radical (unpaired) electrons. The monoisotopic (exact) mass is 168 g/mol. The van der Waals surface area contributed by atoms with Crippen LogP contribution in [0.2, 0.25) is 0 Å². The van der Waals surface area contributed by atoms with Gasteiger partial charge in [0.05, 0.1) is 0 Å². The molecule has 0 fully saturated rings. The van der Waals surface area contributed by atoms with Gasteiger partial charge in [-0.15, -0.1) is 0 Å². The van der Waals surface area contributed by atoms with E-state index >= 15 is 0 Å². The lowest BCUT2D eigenvalue weighted by molar-refractivity contribution is -0.500. The van der Waals surface area contributed by atoms with Crippen LogP contribution >= 0.6 is 0 Å². The molecule has 0 aliphatic rings. The van der Waals surface area contributed by atoms with Crippen molar-refractivity contribution in [3.05, 3.63) is 40.4 Å². The Morgan fingerprint density at radius 3 is 2.42 bits per heavy atom. The van der Waals surface area contributed by atoms with E-state index in [4.69, 9.17) is 5.11 Å². The van der Waals surface area contributed by atoms with Crippen LogP contribution in [-0.2, 0) is 0 Å². The van der Waals surface area contributed by atoms with Crippen molar-refractivity contribution in [3.8, 4) is 0 Å². The second-order valence-corrected chi connectivity index (χ2v) is 2.11. The highest BCUT2D eigenvalue weighted by molar-refractivity contribution is 5.42. The number of nitro groups is 1. The molecule has 0 spiro atoms. The number of hydrogen-bond donors (Lipinski definition) is 1. The molecule has 1 aromatic carbocycles. The third-order valence-corrected chi connectivity index (χ3v) is 1.39. The van der Waals surface area contributed by atoms with Crippen LogP contribution in [0.1, 0.15) is 0 Å². The summed E-state index contributed by atoms with van der Waals surface area (Å²) in [5.74, 6) is 0. The van der Waals surface area contributed by atoms with Crippen molar-refractivity contribution in [2.24, 2.45) is 0 Å². The summed E-state index contributed by atoms with van der Waals surface area (Å²) in [4.78, 5) is 10.3. The first-order valence-corrected chi connectivity index (χ1v) is 3.33. The Morgan fingerprint density at radius 2 is 2.00 bits per heavy atom. The minimum atomic E-state index is -0.657. The number of para-hydroxylation sites is 1. The number of aliphatic hydroxyl groups excluding tert-OH is 1. The van der Waals surface area contributed by atoms with Crippen molar-refractivity contribution in [1.82, 2.24) is 0 Å². The van der Waals surface area contributed by atoms with E-state index in [0.717, 1.165) is 0 Å². The van der Waals surface area contributed by atoms with Crippen molar-refractivity contribution in [2.75, 3.05) is 11.7 Å². The Hall–Kier alpha value is -1.62. The molecular formula is C7H8N2O3. The van der Waals surface area contributed by atoms with Crippen molar-refractivity contribution in [3.63, 3.8) is 0 Å². The molecule has 1 aromatic rings. The van der Waals surface area contributed by atoms with Crippen LogP contribution in [0, 0.1) is 10.1 Å². The van der Waals surface area contributed by atoms with Gasteiger partial charge in [0.2, 0.25) is 0 Å². The first kappa shape index (κ1) is 8.48. The molecule has 0 saturated carbocycles. The Labute approximate surface area is 69.0 Å². The topological polar surface area (TPSA) is 66.6 Å². The fraction of sp³-hybridized carbons (Fsp3) is 0.143. The third-order valence-electron chi connectivity index (χ3n) is 1.39. The van der Waals surface area contributed by atoms with Crippen LogP contribution in [0.3, 0.4) is 0 Å². The molecule has 64 valence electrons. The summed E-state index contributed by atoms with van der Waals surface area (Å²) in [6, 6.07) is 8.19. The molecule has 5 nitrogen and oxygen atoms in total. The van der Waals surface area contributed by atoms with Crippen LogP contribution in [0.4, 0.5) is 5.69 Å². The summed E-state index contributed by atoms with van der Waals surface area (Å²) in [6.45, 7) is -0.628. The zero-order valence-electron chi connectivity index (χ0n) is 6.25. The van der Waals surface area contributed by atoms with Crippen molar-refractivity contribution < 1.29 is 10.1 Å². The van der Waals surface area contributed by atoms with Gasteiger partial charge >= 0.3 is 0 Å². The lowest BCUT2D eigenvalue weighted by Crippen LogP contribution is -2.30. The summed E-state index contributed by atoms with van der Waals surface area (Å²) < 4.78 is 0. The number of aliphatic hydroxyl groups is 1. The van der Waals surface area contributed by atoms with Crippen molar-refractivity contribution in [1.29, 1.82) is 0 Å². The number of nitrogens with zero attached hydrogens (tertiary/aromatic N) is 2. The molecule has 0 aromatic heterocycles. The zero-order chi connectivity index (χ0) is 8.97. The van der Waals surface area contributed by atoms with E-state index in [1.54, 1.807) is 30.3 Å². The summed E-state index contributed by atoms with van der Waals surface area (Å²) in [5.41, 5.74) is 0.366. The molecular weight excluding hydrogens is 160 g/mol. The third kappa shape index (κ3) is 1.70. The van der Waals surface area contributed by atoms with E-state index in [1.165, 1.54) is 0 Å². The molecule has 12 heavy (non-hydrogen) atoms. The van der Waals surface area contributed by atoms with E-state index in [9.17, 15) is 10.1 Å². The highest BCUT2D eigenvalue weighted by atomic mass is 16.7. The van der Waals surface area contributed by atoms with Gasteiger partial charge in [-0.25, -0.2) is 10.1 Å². The molecule has 1 rings (SSSR count). The molecule has 0 bridgehead atoms. The van der Waals surface area contributed by atoms with Gasteiger partial charge in [-0.05, 0) is 12.1 Å². The fourth-order valence-electron chi connectivity index (χ4n) is 0.828. The molecule has 0 saturated heterocycles. The van der Waals surface area contributed by atoms with Gasteiger partial charge in [-0.1, -0.05) is 23.2 Å². The summed E-state index contributed by atoms with van der Waals surface area (Å²) in [7, 11) is 0. The predicted molar refractivity (Wildman–Crippen MR) is 43.0 cm³/mol. The van der Waals surface area contributed by atoms with Gasteiger partial charge in [0, 0.05) is 0 Å². The quantitative estimate of drug-likeness (QED) is 0.408. The average Bonchev–Trinajstić information content (AvgIpc) is 2.07. The lowest BCUT2D eigenvalue weighted by Gasteiger charge is -2.09.